The molecule has 2 heteroatoms. The molecule has 0 unspecified atom stereocenters. The molecule has 34 valence electrons. The van der Waals surface area contributed by atoms with E-state index in [4.69, 9.17) is 0 Å². The molecule has 0 radical (unpaired) electrons. The van der Waals surface area contributed by atoms with Crippen LogP contribution in [-0.2, 0) is 4.79 Å². The van der Waals surface area contributed by atoms with E-state index >= 15 is 0 Å². The van der Waals surface area contributed by atoms with Gasteiger partial charge in [0.2, 0.25) is 0 Å². The van der Waals surface area contributed by atoms with Crippen molar-refractivity contribution in [1.29, 1.82) is 0 Å². The zero-order chi connectivity index (χ0) is 4.41. The van der Waals surface area contributed by atoms with Crippen molar-refractivity contribution in [3.05, 3.63) is 12.2 Å². The standard InChI is InChI=1S/C4H5IO/c6-4-2-1-3-5-4/h1-2,5H,3H2. The van der Waals surface area contributed by atoms with Crippen molar-refractivity contribution >= 4 is 25.0 Å². The number of hydrogen-bond acceptors (Lipinski definition) is 1. The normalized spacial score (nSPS) is 21.0. The first kappa shape index (κ1) is 4.30. The minimum absolute atomic E-state index is 0.217. The van der Waals surface area contributed by atoms with E-state index in [9.17, 15) is 4.79 Å². The molecule has 0 aliphatic carbocycles. The molecule has 1 rings (SSSR count). The number of hydrogen-bond donors (Lipinski definition) is 0. The van der Waals surface area contributed by atoms with Gasteiger partial charge in [0.1, 0.15) is 0 Å². The number of halogens is 1. The van der Waals surface area contributed by atoms with Crippen molar-refractivity contribution in [3.63, 3.8) is 0 Å². The fraction of sp³-hybridized carbons (Fsp3) is 0.250. The van der Waals surface area contributed by atoms with E-state index in [1.165, 1.54) is 0 Å². The second kappa shape index (κ2) is 1.73. The number of rotatable bonds is 0. The predicted octanol–water partition coefficient (Wildman–Crippen LogP) is 0.786. The van der Waals surface area contributed by atoms with Gasteiger partial charge in [-0.05, 0) is 0 Å². The first-order chi connectivity index (χ1) is 2.89. The van der Waals surface area contributed by atoms with Crippen molar-refractivity contribution in [3.8, 4) is 0 Å². The van der Waals surface area contributed by atoms with Crippen LogP contribution >= 0.6 is 21.2 Å². The molecular formula is C4H5IO. The fourth-order valence-corrected chi connectivity index (χ4v) is 1.89. The van der Waals surface area contributed by atoms with Crippen LogP contribution in [0.2, 0.25) is 0 Å². The molecule has 0 N–H and O–H groups in total. The van der Waals surface area contributed by atoms with Gasteiger partial charge in [0.05, 0.1) is 0 Å². The third-order valence-corrected chi connectivity index (χ3v) is 2.80. The summed E-state index contributed by atoms with van der Waals surface area (Å²) in [5.74, 6) is 0. The molecule has 0 atom stereocenters. The molecule has 0 amide bonds. The van der Waals surface area contributed by atoms with Gasteiger partial charge in [0.25, 0.3) is 0 Å². The molecule has 1 aliphatic rings. The Labute approximate surface area is 46.7 Å². The average molecular weight is 196 g/mol. The summed E-state index contributed by atoms with van der Waals surface area (Å²) >= 11 is -0.217. The van der Waals surface area contributed by atoms with Crippen molar-refractivity contribution < 1.29 is 4.79 Å². The molecule has 1 heterocycles. The number of allylic oxidation sites excluding steroid dienone is 2. The fourth-order valence-electron chi connectivity index (χ4n) is 0.323. The van der Waals surface area contributed by atoms with Crippen molar-refractivity contribution in [2.24, 2.45) is 0 Å². The summed E-state index contributed by atoms with van der Waals surface area (Å²) < 4.78 is 1.49. The second-order valence-electron chi connectivity index (χ2n) is 1.03. The summed E-state index contributed by atoms with van der Waals surface area (Å²) in [6, 6.07) is 0. The summed E-state index contributed by atoms with van der Waals surface area (Å²) in [5.41, 5.74) is 0. The monoisotopic (exact) mass is 196 g/mol. The first-order valence-corrected chi connectivity index (χ1v) is 4.54. The quantitative estimate of drug-likeness (QED) is 0.318. The minimum atomic E-state index is -0.217. The number of alkyl halides is 1. The van der Waals surface area contributed by atoms with Gasteiger partial charge < -0.3 is 0 Å². The van der Waals surface area contributed by atoms with Crippen LogP contribution in [0.1, 0.15) is 0 Å². The molecule has 0 saturated heterocycles. The third-order valence-electron chi connectivity index (χ3n) is 0.576. The van der Waals surface area contributed by atoms with Crippen molar-refractivity contribution in [2.75, 3.05) is 4.43 Å². The summed E-state index contributed by atoms with van der Waals surface area (Å²) in [4.78, 5) is 10.2. The van der Waals surface area contributed by atoms with Crippen molar-refractivity contribution in [2.45, 2.75) is 0 Å². The Bertz CT molecular complexity index is 95.7. The number of carbonyl (C=O) groups is 1. The van der Waals surface area contributed by atoms with Crippen LogP contribution in [0.25, 0.3) is 0 Å². The van der Waals surface area contributed by atoms with Crippen LogP contribution in [0.5, 0.6) is 0 Å². The van der Waals surface area contributed by atoms with Crippen molar-refractivity contribution in [1.82, 2.24) is 0 Å². The van der Waals surface area contributed by atoms with E-state index in [1.807, 2.05) is 6.08 Å². The third kappa shape index (κ3) is 0.801. The van der Waals surface area contributed by atoms with Crippen LogP contribution < -0.4 is 0 Å². The van der Waals surface area contributed by atoms with Crippen LogP contribution in [0, 0.1) is 0 Å². The molecule has 1 nitrogen and oxygen atoms in total. The van der Waals surface area contributed by atoms with Gasteiger partial charge in [-0.15, -0.1) is 0 Å². The van der Waals surface area contributed by atoms with E-state index < -0.39 is 0 Å². The SMILES string of the molecule is O=C1C=CC[IH]1. The predicted molar refractivity (Wildman–Crippen MR) is 34.4 cm³/mol. The molecule has 0 aromatic rings. The Morgan fingerprint density at radius 1 is 1.83 bits per heavy atom. The molecule has 0 aromatic heterocycles. The maximum absolute atomic E-state index is 10.2. The van der Waals surface area contributed by atoms with Crippen LogP contribution in [0.4, 0.5) is 0 Å². The molecule has 0 spiro atoms. The van der Waals surface area contributed by atoms with Gasteiger partial charge >= 0.3 is 46.4 Å². The van der Waals surface area contributed by atoms with Gasteiger partial charge in [-0.25, -0.2) is 0 Å². The van der Waals surface area contributed by atoms with Gasteiger partial charge in [-0.2, -0.15) is 0 Å². The summed E-state index contributed by atoms with van der Waals surface area (Å²) in [6.45, 7) is 0. The van der Waals surface area contributed by atoms with Gasteiger partial charge in [-0.1, -0.05) is 0 Å². The van der Waals surface area contributed by atoms with Crippen LogP contribution in [0.3, 0.4) is 0 Å². The average Bonchev–Trinajstić information content (AvgIpc) is 1.86. The van der Waals surface area contributed by atoms with E-state index in [1.54, 1.807) is 6.08 Å². The topological polar surface area (TPSA) is 17.1 Å². The zero-order valence-electron chi connectivity index (χ0n) is 3.18. The Kier molecular flexibility index (Phi) is 1.24. The van der Waals surface area contributed by atoms with Gasteiger partial charge in [0.15, 0.2) is 0 Å². The van der Waals surface area contributed by atoms with E-state index in [2.05, 4.69) is 0 Å². The number of carbonyl (C=O) groups excluding carboxylic acids is 1. The van der Waals surface area contributed by atoms with Crippen LogP contribution in [0.15, 0.2) is 12.2 Å². The molecule has 0 saturated carbocycles. The zero-order valence-corrected chi connectivity index (χ0v) is 5.51. The van der Waals surface area contributed by atoms with Gasteiger partial charge in [0, 0.05) is 0 Å². The van der Waals surface area contributed by atoms with Gasteiger partial charge in [-0.3, -0.25) is 0 Å². The molecule has 0 aromatic carbocycles. The van der Waals surface area contributed by atoms with E-state index in [0.717, 1.165) is 4.43 Å². The van der Waals surface area contributed by atoms with E-state index in [-0.39, 0.29) is 21.2 Å². The van der Waals surface area contributed by atoms with Crippen LogP contribution in [-0.4, -0.2) is 8.22 Å². The second-order valence-corrected chi connectivity index (χ2v) is 3.96. The molecule has 0 fully saturated rings. The summed E-state index contributed by atoms with van der Waals surface area (Å²) in [7, 11) is 0. The first-order valence-electron chi connectivity index (χ1n) is 1.73. The van der Waals surface area contributed by atoms with E-state index in [0.29, 0.717) is 3.79 Å². The Morgan fingerprint density at radius 2 is 2.67 bits per heavy atom. The molecule has 1 aliphatic heterocycles. The molecular weight excluding hydrogens is 191 g/mol. The maximum atomic E-state index is 10.2. The summed E-state index contributed by atoms with van der Waals surface area (Å²) in [6.07, 6.45) is 3.66. The summed E-state index contributed by atoms with van der Waals surface area (Å²) in [5, 5.41) is 0. The Morgan fingerprint density at radius 3 is 2.83 bits per heavy atom. The molecule has 6 heavy (non-hydrogen) atoms. The Balaban J connectivity index is 2.59. The Hall–Kier alpha value is 0.140. The molecule has 0 bridgehead atoms.